The molecular formula is C12H25ClN4. The summed E-state index contributed by atoms with van der Waals surface area (Å²) in [7, 11) is 2.06. The molecule has 0 aliphatic rings. The molecule has 2 N–H and O–H groups in total. The van der Waals surface area contributed by atoms with Crippen LogP contribution in [0.3, 0.4) is 0 Å². The monoisotopic (exact) mass is 260 g/mol. The first kappa shape index (κ1) is 16.4. The van der Waals surface area contributed by atoms with Crippen LogP contribution in [0.5, 0.6) is 0 Å². The van der Waals surface area contributed by atoms with E-state index >= 15 is 0 Å². The number of hydrogen-bond donors (Lipinski definition) is 1. The smallest absolute Gasteiger partial charge is 0.0949 e. The highest BCUT2D eigenvalue weighted by atomic mass is 35.5. The number of hydrogen-bond acceptors (Lipinski definition) is 3. The van der Waals surface area contributed by atoms with E-state index in [4.69, 9.17) is 17.3 Å². The zero-order chi connectivity index (χ0) is 13.4. The largest absolute Gasteiger partial charge is 0.325 e. The zero-order valence-corrected chi connectivity index (χ0v) is 12.4. The third kappa shape index (κ3) is 4.30. The summed E-state index contributed by atoms with van der Waals surface area (Å²) < 4.78 is 1.93. The molecule has 0 saturated heterocycles. The molecule has 0 unspecified atom stereocenters. The first-order valence-corrected chi connectivity index (χ1v) is 6.64. The molecule has 0 saturated carbocycles. The van der Waals surface area contributed by atoms with Gasteiger partial charge in [-0.05, 0) is 20.5 Å². The highest BCUT2D eigenvalue weighted by Crippen LogP contribution is 2.21. The van der Waals surface area contributed by atoms with E-state index in [1.165, 1.54) is 0 Å². The molecule has 1 aromatic heterocycles. The minimum atomic E-state index is 0.397. The van der Waals surface area contributed by atoms with Gasteiger partial charge in [0.05, 0.1) is 16.4 Å². The summed E-state index contributed by atoms with van der Waals surface area (Å²) in [5.41, 5.74) is 7.43. The van der Waals surface area contributed by atoms with Gasteiger partial charge in [0.1, 0.15) is 0 Å². The van der Waals surface area contributed by atoms with Crippen molar-refractivity contribution in [3.8, 4) is 0 Å². The number of halogens is 1. The number of aromatic nitrogens is 2. The van der Waals surface area contributed by atoms with Crippen LogP contribution in [0.2, 0.25) is 5.02 Å². The molecule has 0 bridgehead atoms. The van der Waals surface area contributed by atoms with Gasteiger partial charge in [0, 0.05) is 19.6 Å². The van der Waals surface area contributed by atoms with Crippen LogP contribution in [0.15, 0.2) is 0 Å². The van der Waals surface area contributed by atoms with Crippen molar-refractivity contribution in [1.29, 1.82) is 0 Å². The summed E-state index contributed by atoms with van der Waals surface area (Å²) in [5.74, 6) is 0. The molecule has 0 aromatic carbocycles. The van der Waals surface area contributed by atoms with Crippen molar-refractivity contribution in [2.45, 2.75) is 47.3 Å². The molecule has 100 valence electrons. The molecular weight excluding hydrogens is 236 g/mol. The maximum atomic E-state index is 6.22. The second-order valence-electron chi connectivity index (χ2n) is 3.56. The molecule has 0 fully saturated rings. The predicted molar refractivity (Wildman–Crippen MR) is 74.2 cm³/mol. The second kappa shape index (κ2) is 8.50. The zero-order valence-electron chi connectivity index (χ0n) is 11.6. The standard InChI is InChI=1S/C10H19ClN4.C2H6/c1-4-14(3)7-9-10(11)8(6-12)13-15(9)5-2;1-2/h4-7,12H2,1-3H3;1-2H3. The summed E-state index contributed by atoms with van der Waals surface area (Å²) in [6.07, 6.45) is 0. The van der Waals surface area contributed by atoms with Gasteiger partial charge in [-0.15, -0.1) is 0 Å². The van der Waals surface area contributed by atoms with Crippen molar-refractivity contribution >= 4 is 11.6 Å². The summed E-state index contributed by atoms with van der Waals surface area (Å²) in [4.78, 5) is 2.19. The van der Waals surface area contributed by atoms with Gasteiger partial charge in [0.2, 0.25) is 0 Å². The van der Waals surface area contributed by atoms with Gasteiger partial charge in [-0.2, -0.15) is 5.10 Å². The third-order valence-corrected chi connectivity index (χ3v) is 2.95. The van der Waals surface area contributed by atoms with Crippen molar-refractivity contribution in [2.24, 2.45) is 5.73 Å². The van der Waals surface area contributed by atoms with E-state index in [9.17, 15) is 0 Å². The van der Waals surface area contributed by atoms with Crippen molar-refractivity contribution < 1.29 is 0 Å². The van der Waals surface area contributed by atoms with E-state index in [2.05, 4.69) is 30.9 Å². The Bertz CT molecular complexity index is 323. The van der Waals surface area contributed by atoms with Crippen LogP contribution in [0.1, 0.15) is 39.1 Å². The quantitative estimate of drug-likeness (QED) is 0.885. The Hall–Kier alpha value is -0.580. The molecule has 0 amide bonds. The summed E-state index contributed by atoms with van der Waals surface area (Å²) in [5, 5.41) is 5.09. The maximum Gasteiger partial charge on any atom is 0.0949 e. The van der Waals surface area contributed by atoms with E-state index in [1.807, 2.05) is 18.5 Å². The minimum Gasteiger partial charge on any atom is -0.325 e. The molecule has 4 nitrogen and oxygen atoms in total. The lowest BCUT2D eigenvalue weighted by molar-refractivity contribution is 0.332. The number of nitrogens with zero attached hydrogens (tertiary/aromatic N) is 3. The van der Waals surface area contributed by atoms with Crippen molar-refractivity contribution in [3.63, 3.8) is 0 Å². The number of aryl methyl sites for hydroxylation is 1. The summed E-state index contributed by atoms with van der Waals surface area (Å²) in [6.45, 7) is 11.2. The summed E-state index contributed by atoms with van der Waals surface area (Å²) in [6, 6.07) is 0. The van der Waals surface area contributed by atoms with Gasteiger partial charge in [-0.3, -0.25) is 4.68 Å². The molecule has 0 aliphatic carbocycles. The molecule has 0 aliphatic heterocycles. The highest BCUT2D eigenvalue weighted by molar-refractivity contribution is 6.31. The average molecular weight is 261 g/mol. The van der Waals surface area contributed by atoms with Gasteiger partial charge < -0.3 is 10.6 Å². The third-order valence-electron chi connectivity index (χ3n) is 2.51. The SMILES string of the molecule is CC.CCN(C)Cc1c(Cl)c(CN)nn1CC. The van der Waals surface area contributed by atoms with Crippen molar-refractivity contribution in [2.75, 3.05) is 13.6 Å². The summed E-state index contributed by atoms with van der Waals surface area (Å²) >= 11 is 6.22. The van der Waals surface area contributed by atoms with E-state index in [0.717, 1.165) is 36.0 Å². The Labute approximate surface area is 110 Å². The normalized spacial score (nSPS) is 10.4. The van der Waals surface area contributed by atoms with Gasteiger partial charge in [0.25, 0.3) is 0 Å². The molecule has 17 heavy (non-hydrogen) atoms. The molecule has 0 atom stereocenters. The maximum absolute atomic E-state index is 6.22. The number of nitrogens with two attached hydrogens (primary N) is 1. The first-order chi connectivity index (χ1) is 8.13. The van der Waals surface area contributed by atoms with E-state index in [0.29, 0.717) is 6.54 Å². The predicted octanol–water partition coefficient (Wildman–Crippen LogP) is 2.49. The van der Waals surface area contributed by atoms with Gasteiger partial charge in [-0.1, -0.05) is 32.4 Å². The fourth-order valence-corrected chi connectivity index (χ4v) is 1.71. The Kier molecular flexibility index (Phi) is 8.21. The topological polar surface area (TPSA) is 47.1 Å². The fraction of sp³-hybridized carbons (Fsp3) is 0.750. The van der Waals surface area contributed by atoms with Gasteiger partial charge >= 0.3 is 0 Å². The van der Waals surface area contributed by atoms with Crippen LogP contribution in [-0.2, 0) is 19.6 Å². The molecule has 1 rings (SSSR count). The number of rotatable bonds is 5. The van der Waals surface area contributed by atoms with Crippen LogP contribution in [0.4, 0.5) is 0 Å². The van der Waals surface area contributed by atoms with Crippen molar-refractivity contribution in [1.82, 2.24) is 14.7 Å². The lowest BCUT2D eigenvalue weighted by atomic mass is 10.3. The van der Waals surface area contributed by atoms with Gasteiger partial charge in [0.15, 0.2) is 0 Å². The average Bonchev–Trinajstić information content (AvgIpc) is 2.68. The lowest BCUT2D eigenvalue weighted by Crippen LogP contribution is -2.19. The van der Waals surface area contributed by atoms with E-state index < -0.39 is 0 Å². The second-order valence-corrected chi connectivity index (χ2v) is 3.94. The van der Waals surface area contributed by atoms with Crippen LogP contribution in [0.25, 0.3) is 0 Å². The minimum absolute atomic E-state index is 0.397. The molecule has 1 heterocycles. The lowest BCUT2D eigenvalue weighted by Gasteiger charge is -2.14. The Balaban J connectivity index is 0.00000121. The Morgan fingerprint density at radius 1 is 1.35 bits per heavy atom. The van der Waals surface area contributed by atoms with Crippen LogP contribution >= 0.6 is 11.6 Å². The van der Waals surface area contributed by atoms with Crippen LogP contribution in [0, 0.1) is 0 Å². The van der Waals surface area contributed by atoms with Crippen LogP contribution in [-0.4, -0.2) is 28.3 Å². The van der Waals surface area contributed by atoms with E-state index in [1.54, 1.807) is 0 Å². The van der Waals surface area contributed by atoms with E-state index in [-0.39, 0.29) is 0 Å². The molecule has 5 heteroatoms. The Morgan fingerprint density at radius 2 is 1.94 bits per heavy atom. The highest BCUT2D eigenvalue weighted by Gasteiger charge is 2.15. The van der Waals surface area contributed by atoms with Crippen molar-refractivity contribution in [3.05, 3.63) is 16.4 Å². The van der Waals surface area contributed by atoms with Gasteiger partial charge in [-0.25, -0.2) is 0 Å². The fourth-order valence-electron chi connectivity index (χ4n) is 1.44. The molecule has 0 radical (unpaired) electrons. The van der Waals surface area contributed by atoms with Crippen LogP contribution < -0.4 is 5.73 Å². The Morgan fingerprint density at radius 3 is 2.35 bits per heavy atom. The first-order valence-electron chi connectivity index (χ1n) is 6.26. The molecule has 1 aromatic rings. The molecule has 0 spiro atoms.